The maximum atomic E-state index is 13.8. The van der Waals surface area contributed by atoms with Crippen LogP contribution in [0, 0.1) is 25.5 Å². The van der Waals surface area contributed by atoms with Gasteiger partial charge in [-0.2, -0.15) is 4.31 Å². The van der Waals surface area contributed by atoms with Gasteiger partial charge in [0.15, 0.2) is 0 Å². The minimum absolute atomic E-state index is 0.0298. The van der Waals surface area contributed by atoms with Crippen molar-refractivity contribution >= 4 is 33.0 Å². The first kappa shape index (κ1) is 23.4. The number of aromatic nitrogens is 2. The van der Waals surface area contributed by atoms with Crippen LogP contribution >= 0.6 is 11.3 Å². The summed E-state index contributed by atoms with van der Waals surface area (Å²) in [5.41, 5.74) is 1.81. The van der Waals surface area contributed by atoms with Gasteiger partial charge in [0, 0.05) is 25.1 Å². The topological polar surface area (TPSA) is 92.3 Å². The van der Waals surface area contributed by atoms with Crippen molar-refractivity contribution in [2.24, 2.45) is 0 Å². The first-order valence-corrected chi connectivity index (χ1v) is 12.6. The first-order valence-electron chi connectivity index (χ1n) is 10.3. The number of carbonyl (C=O) groups is 1. The number of rotatable bonds is 5. The number of aryl methyl sites for hydroxylation is 2. The van der Waals surface area contributed by atoms with Crippen LogP contribution < -0.4 is 5.32 Å². The molecule has 33 heavy (non-hydrogen) atoms. The molecule has 4 rings (SSSR count). The van der Waals surface area contributed by atoms with E-state index in [9.17, 15) is 22.0 Å². The summed E-state index contributed by atoms with van der Waals surface area (Å²) in [6.45, 7) is 4.49. The highest BCUT2D eigenvalue weighted by Crippen LogP contribution is 2.33. The van der Waals surface area contributed by atoms with E-state index in [4.69, 9.17) is 0 Å². The molecular weight excluding hydrogens is 470 g/mol. The largest absolute Gasteiger partial charge is 0.317 e. The van der Waals surface area contributed by atoms with E-state index in [2.05, 4.69) is 15.5 Å². The van der Waals surface area contributed by atoms with Crippen molar-refractivity contribution in [2.45, 2.75) is 37.5 Å². The van der Waals surface area contributed by atoms with Crippen molar-refractivity contribution in [3.63, 3.8) is 0 Å². The smallest absolute Gasteiger partial charge is 0.286 e. The van der Waals surface area contributed by atoms with E-state index in [0.717, 1.165) is 34.6 Å². The fourth-order valence-electron chi connectivity index (χ4n) is 3.62. The molecule has 0 radical (unpaired) electrons. The second-order valence-electron chi connectivity index (χ2n) is 7.95. The Labute approximate surface area is 194 Å². The molecule has 1 aliphatic rings. The van der Waals surface area contributed by atoms with Crippen molar-refractivity contribution in [2.75, 3.05) is 18.4 Å². The van der Waals surface area contributed by atoms with Crippen molar-refractivity contribution in [1.29, 1.82) is 0 Å². The maximum absolute atomic E-state index is 13.8. The summed E-state index contributed by atoms with van der Waals surface area (Å²) >= 11 is 1.09. The molecule has 0 saturated carbocycles. The predicted molar refractivity (Wildman–Crippen MR) is 121 cm³/mol. The number of hydrogen-bond acceptors (Lipinski definition) is 6. The van der Waals surface area contributed by atoms with Crippen LogP contribution in [0.1, 0.15) is 44.7 Å². The molecule has 0 atom stereocenters. The Hall–Kier alpha value is -2.76. The lowest BCUT2D eigenvalue weighted by molar-refractivity contribution is 0.102. The van der Waals surface area contributed by atoms with Crippen LogP contribution in [0.2, 0.25) is 0 Å². The van der Waals surface area contributed by atoms with E-state index in [1.807, 2.05) is 13.8 Å². The van der Waals surface area contributed by atoms with Crippen LogP contribution in [0.15, 0.2) is 41.3 Å². The predicted octanol–water partition coefficient (Wildman–Crippen LogP) is 4.25. The van der Waals surface area contributed by atoms with E-state index >= 15 is 0 Å². The number of benzene rings is 2. The van der Waals surface area contributed by atoms with E-state index in [1.165, 1.54) is 4.31 Å². The number of hydrogen-bond donors (Lipinski definition) is 1. The highest BCUT2D eigenvalue weighted by Gasteiger charge is 2.32. The number of carbonyl (C=O) groups excluding carboxylic acids is 1. The molecule has 1 aromatic heterocycles. The third kappa shape index (κ3) is 4.94. The summed E-state index contributed by atoms with van der Waals surface area (Å²) < 4.78 is 54.3. The second-order valence-corrected chi connectivity index (χ2v) is 10.9. The minimum atomic E-state index is -3.58. The zero-order chi connectivity index (χ0) is 23.8. The number of anilines is 1. The van der Waals surface area contributed by atoms with Crippen molar-refractivity contribution in [3.05, 3.63) is 69.2 Å². The van der Waals surface area contributed by atoms with Gasteiger partial charge in [-0.1, -0.05) is 17.4 Å². The molecular formula is C22H22F2N4O3S2. The lowest BCUT2D eigenvalue weighted by atomic mass is 9.99. The number of amides is 1. The summed E-state index contributed by atoms with van der Waals surface area (Å²) in [5.74, 6) is -2.29. The Balaban J connectivity index is 1.40. The molecule has 0 aliphatic carbocycles. The van der Waals surface area contributed by atoms with Gasteiger partial charge in [-0.25, -0.2) is 17.2 Å². The molecule has 7 nitrogen and oxygen atoms in total. The summed E-state index contributed by atoms with van der Waals surface area (Å²) in [7, 11) is -3.58. The van der Waals surface area contributed by atoms with Gasteiger partial charge in [0.25, 0.3) is 5.91 Å². The van der Waals surface area contributed by atoms with Gasteiger partial charge < -0.3 is 5.32 Å². The summed E-state index contributed by atoms with van der Waals surface area (Å²) in [6.07, 6.45) is 1.10. The minimum Gasteiger partial charge on any atom is -0.317 e. The van der Waals surface area contributed by atoms with Crippen LogP contribution in [0.4, 0.5) is 14.5 Å². The van der Waals surface area contributed by atoms with Gasteiger partial charge in [0.1, 0.15) is 16.6 Å². The second kappa shape index (κ2) is 9.24. The highest BCUT2D eigenvalue weighted by molar-refractivity contribution is 7.89. The number of nitrogens with one attached hydrogen (secondary N) is 1. The summed E-state index contributed by atoms with van der Waals surface area (Å²) in [4.78, 5) is 12.7. The molecule has 1 aliphatic heterocycles. The van der Waals surface area contributed by atoms with Crippen molar-refractivity contribution in [1.82, 2.24) is 14.5 Å². The Morgan fingerprint density at radius 3 is 2.45 bits per heavy atom. The van der Waals surface area contributed by atoms with Gasteiger partial charge in [0.05, 0.1) is 10.6 Å². The zero-order valence-electron chi connectivity index (χ0n) is 18.0. The average Bonchev–Trinajstić information content (AvgIpc) is 3.28. The summed E-state index contributed by atoms with van der Waals surface area (Å²) in [6, 6.07) is 7.99. The number of halogens is 2. The maximum Gasteiger partial charge on any atom is 0.286 e. The first-order chi connectivity index (χ1) is 15.6. The fraction of sp³-hybridized carbons (Fsp3) is 0.318. The molecule has 2 heterocycles. The monoisotopic (exact) mass is 492 g/mol. The lowest BCUT2D eigenvalue weighted by Gasteiger charge is -2.30. The fourth-order valence-corrected chi connectivity index (χ4v) is 6.09. The van der Waals surface area contributed by atoms with Gasteiger partial charge in [-0.15, -0.1) is 10.2 Å². The van der Waals surface area contributed by atoms with Crippen LogP contribution in [-0.2, 0) is 10.0 Å². The van der Waals surface area contributed by atoms with E-state index < -0.39 is 27.6 Å². The Kier molecular flexibility index (Phi) is 6.55. The molecule has 3 aromatic rings. The normalized spacial score (nSPS) is 15.5. The SMILES string of the molecule is Cc1ccc(S(=O)(=O)N2CCC(c3nnc(C(=O)Nc4ccc(F)cc4F)s3)CC2)cc1C. The molecule has 0 unspecified atom stereocenters. The van der Waals surface area contributed by atoms with Gasteiger partial charge in [-0.3, -0.25) is 4.79 Å². The van der Waals surface area contributed by atoms with Crippen molar-refractivity contribution in [3.8, 4) is 0 Å². The van der Waals surface area contributed by atoms with E-state index in [1.54, 1.807) is 18.2 Å². The van der Waals surface area contributed by atoms with E-state index in [0.29, 0.717) is 37.0 Å². The number of nitrogens with zero attached hydrogens (tertiary/aromatic N) is 3. The molecule has 174 valence electrons. The van der Waals surface area contributed by atoms with Crippen molar-refractivity contribution < 1.29 is 22.0 Å². The highest BCUT2D eigenvalue weighted by atomic mass is 32.2. The number of sulfonamides is 1. The molecule has 1 saturated heterocycles. The third-order valence-electron chi connectivity index (χ3n) is 5.73. The molecule has 0 spiro atoms. The van der Waals surface area contributed by atoms with Crippen LogP contribution in [-0.4, -0.2) is 41.9 Å². The standard InChI is InChI=1S/C22H22F2N4O3S2/c1-13-3-5-17(11-14(13)2)33(30,31)28-9-7-15(8-10-28)21-26-27-22(32-21)20(29)25-19-6-4-16(23)12-18(19)24/h3-6,11-12,15H,7-10H2,1-2H3,(H,25,29). The van der Waals surface area contributed by atoms with Gasteiger partial charge >= 0.3 is 0 Å². The molecule has 2 aromatic carbocycles. The number of piperidine rings is 1. The Bertz CT molecular complexity index is 1300. The molecule has 11 heteroatoms. The average molecular weight is 493 g/mol. The van der Waals surface area contributed by atoms with Gasteiger partial charge in [0.2, 0.25) is 15.0 Å². The quantitative estimate of drug-likeness (QED) is 0.575. The zero-order valence-corrected chi connectivity index (χ0v) is 19.6. The third-order valence-corrected chi connectivity index (χ3v) is 8.71. The Morgan fingerprint density at radius 2 is 1.79 bits per heavy atom. The molecule has 0 bridgehead atoms. The lowest BCUT2D eigenvalue weighted by Crippen LogP contribution is -2.37. The molecule has 1 amide bonds. The Morgan fingerprint density at radius 1 is 1.06 bits per heavy atom. The van der Waals surface area contributed by atoms with Crippen LogP contribution in [0.5, 0.6) is 0 Å². The molecule has 1 fully saturated rings. The molecule has 1 N–H and O–H groups in total. The van der Waals surface area contributed by atoms with Crippen LogP contribution in [0.25, 0.3) is 0 Å². The van der Waals surface area contributed by atoms with Gasteiger partial charge in [-0.05, 0) is 62.1 Å². The van der Waals surface area contributed by atoms with Crippen LogP contribution in [0.3, 0.4) is 0 Å². The summed E-state index contributed by atoms with van der Waals surface area (Å²) in [5, 5.41) is 11.0. The van der Waals surface area contributed by atoms with E-state index in [-0.39, 0.29) is 21.5 Å².